The minimum atomic E-state index is -1.09. The Kier molecular flexibility index (Phi) is 4.78. The summed E-state index contributed by atoms with van der Waals surface area (Å²) in [6.45, 7) is 1.88. The van der Waals surface area contributed by atoms with Gasteiger partial charge < -0.3 is 5.11 Å². The molecule has 2 aromatic carbocycles. The maximum atomic E-state index is 13.5. The average Bonchev–Trinajstić information content (AvgIpc) is 2.96. The zero-order valence-corrected chi connectivity index (χ0v) is 15.4. The van der Waals surface area contributed by atoms with Gasteiger partial charge in [-0.2, -0.15) is 0 Å². The molecule has 1 N–H and O–H groups in total. The highest BCUT2D eigenvalue weighted by Crippen LogP contribution is 2.39. The van der Waals surface area contributed by atoms with E-state index in [1.165, 1.54) is 28.3 Å². The smallest absolute Gasteiger partial charge is 0.177 e. The molecule has 0 bridgehead atoms. The zero-order chi connectivity index (χ0) is 18.4. The molecule has 0 spiro atoms. The molecule has 0 fully saturated rings. The molecule has 4 rings (SSSR count). The topological polar surface area (TPSA) is 23.5 Å². The van der Waals surface area contributed by atoms with Crippen LogP contribution in [0.15, 0.2) is 35.9 Å². The summed E-state index contributed by atoms with van der Waals surface area (Å²) in [6, 6.07) is 8.29. The van der Waals surface area contributed by atoms with Crippen LogP contribution in [-0.2, 0) is 6.42 Å². The molecule has 0 radical (unpaired) electrons. The van der Waals surface area contributed by atoms with Gasteiger partial charge in [0.25, 0.3) is 0 Å². The SMILES string of the molecule is OC(CN1CCC2=C(Cc3ccc(Cl)cc32)C1)c1cc(F)c(F)c(Cl)c1. The number of aliphatic hydroxyl groups excluding tert-OH is 1. The summed E-state index contributed by atoms with van der Waals surface area (Å²) in [5.41, 5.74) is 5.50. The second-order valence-corrected chi connectivity index (χ2v) is 7.70. The molecule has 1 unspecified atom stereocenters. The maximum absolute atomic E-state index is 13.5. The highest BCUT2D eigenvalue weighted by Gasteiger charge is 2.28. The van der Waals surface area contributed by atoms with E-state index in [-0.39, 0.29) is 10.6 Å². The van der Waals surface area contributed by atoms with Gasteiger partial charge in [-0.1, -0.05) is 29.3 Å². The van der Waals surface area contributed by atoms with Crippen molar-refractivity contribution in [1.29, 1.82) is 0 Å². The van der Waals surface area contributed by atoms with Crippen LogP contribution in [-0.4, -0.2) is 29.6 Å². The third kappa shape index (κ3) is 3.27. The van der Waals surface area contributed by atoms with Gasteiger partial charge in [0, 0.05) is 24.7 Å². The first-order valence-electron chi connectivity index (χ1n) is 8.47. The van der Waals surface area contributed by atoms with Crippen LogP contribution in [0.2, 0.25) is 10.0 Å². The molecule has 1 aliphatic carbocycles. The maximum Gasteiger partial charge on any atom is 0.177 e. The first-order valence-corrected chi connectivity index (χ1v) is 9.22. The molecular formula is C20H17Cl2F2NO. The van der Waals surface area contributed by atoms with E-state index in [4.69, 9.17) is 23.2 Å². The lowest BCUT2D eigenvalue weighted by molar-refractivity contribution is 0.117. The van der Waals surface area contributed by atoms with E-state index in [1.54, 1.807) is 0 Å². The van der Waals surface area contributed by atoms with E-state index in [2.05, 4.69) is 11.0 Å². The fraction of sp³-hybridized carbons (Fsp3) is 0.300. The van der Waals surface area contributed by atoms with Gasteiger partial charge in [-0.3, -0.25) is 4.90 Å². The second kappa shape index (κ2) is 6.93. The summed E-state index contributed by atoms with van der Waals surface area (Å²) in [5, 5.41) is 10.9. The molecule has 1 aliphatic heterocycles. The van der Waals surface area contributed by atoms with Crippen LogP contribution in [0, 0.1) is 11.6 Å². The van der Waals surface area contributed by atoms with Gasteiger partial charge in [-0.05, 0) is 64.9 Å². The predicted octanol–water partition coefficient (Wildman–Crippen LogP) is 5.02. The van der Waals surface area contributed by atoms with E-state index in [9.17, 15) is 13.9 Å². The highest BCUT2D eigenvalue weighted by atomic mass is 35.5. The van der Waals surface area contributed by atoms with Crippen molar-refractivity contribution in [2.75, 3.05) is 19.6 Å². The van der Waals surface area contributed by atoms with Gasteiger partial charge >= 0.3 is 0 Å². The Morgan fingerprint density at radius 1 is 1.15 bits per heavy atom. The predicted molar refractivity (Wildman–Crippen MR) is 99.5 cm³/mol. The second-order valence-electron chi connectivity index (χ2n) is 6.86. The number of β-amino-alcohol motifs (C(OH)–C–C–N with tert-alkyl or cyclic N) is 1. The van der Waals surface area contributed by atoms with Crippen molar-refractivity contribution in [2.45, 2.75) is 18.9 Å². The van der Waals surface area contributed by atoms with Crippen LogP contribution < -0.4 is 0 Å². The lowest BCUT2D eigenvalue weighted by Gasteiger charge is -2.30. The van der Waals surface area contributed by atoms with Crippen molar-refractivity contribution in [3.63, 3.8) is 0 Å². The quantitative estimate of drug-likeness (QED) is 0.737. The molecule has 2 aliphatic rings. The van der Waals surface area contributed by atoms with Crippen molar-refractivity contribution in [3.05, 3.63) is 74.3 Å². The van der Waals surface area contributed by atoms with Crippen LogP contribution in [0.5, 0.6) is 0 Å². The number of rotatable bonds is 3. The fourth-order valence-electron chi connectivity index (χ4n) is 3.87. The van der Waals surface area contributed by atoms with Crippen LogP contribution in [0.4, 0.5) is 8.78 Å². The molecule has 2 nitrogen and oxygen atoms in total. The van der Waals surface area contributed by atoms with Gasteiger partial charge in [0.05, 0.1) is 11.1 Å². The molecule has 0 saturated heterocycles. The Hall–Kier alpha value is -1.46. The Morgan fingerprint density at radius 3 is 2.73 bits per heavy atom. The number of aliphatic hydroxyl groups is 1. The number of hydrogen-bond donors (Lipinski definition) is 1. The van der Waals surface area contributed by atoms with Crippen LogP contribution in [0.25, 0.3) is 5.57 Å². The standard InChI is InChI=1S/C20H17Cl2F2NO/c21-14-2-1-11-5-13-9-25(4-3-15(13)16(11)8-14)10-19(26)12-6-17(22)20(24)18(23)7-12/h1-2,6-8,19,26H,3-5,9-10H2. The first kappa shape index (κ1) is 17.9. The first-order chi connectivity index (χ1) is 12.4. The average molecular weight is 396 g/mol. The van der Waals surface area contributed by atoms with Gasteiger partial charge in [-0.25, -0.2) is 8.78 Å². The molecule has 0 aromatic heterocycles. The largest absolute Gasteiger partial charge is 0.387 e. The van der Waals surface area contributed by atoms with Crippen LogP contribution >= 0.6 is 23.2 Å². The van der Waals surface area contributed by atoms with E-state index in [1.807, 2.05) is 12.1 Å². The lowest BCUT2D eigenvalue weighted by atomic mass is 9.98. The Balaban J connectivity index is 1.48. The van der Waals surface area contributed by atoms with E-state index >= 15 is 0 Å². The van der Waals surface area contributed by atoms with Crippen molar-refractivity contribution in [2.24, 2.45) is 0 Å². The Morgan fingerprint density at radius 2 is 1.96 bits per heavy atom. The Bertz CT molecular complexity index is 890. The highest BCUT2D eigenvalue weighted by molar-refractivity contribution is 6.31. The molecule has 1 heterocycles. The third-order valence-electron chi connectivity index (χ3n) is 5.14. The van der Waals surface area contributed by atoms with Gasteiger partial charge in [-0.15, -0.1) is 0 Å². The van der Waals surface area contributed by atoms with Crippen LogP contribution in [0.1, 0.15) is 29.2 Å². The van der Waals surface area contributed by atoms with Crippen molar-refractivity contribution in [1.82, 2.24) is 4.90 Å². The molecule has 6 heteroatoms. The van der Waals surface area contributed by atoms with E-state index in [0.29, 0.717) is 6.54 Å². The molecule has 2 aromatic rings. The fourth-order valence-corrected chi connectivity index (χ4v) is 4.25. The van der Waals surface area contributed by atoms with Crippen LogP contribution in [0.3, 0.4) is 0 Å². The normalized spacial score (nSPS) is 18.0. The molecule has 136 valence electrons. The summed E-state index contributed by atoms with van der Waals surface area (Å²) in [4.78, 5) is 2.13. The van der Waals surface area contributed by atoms with Crippen molar-refractivity contribution < 1.29 is 13.9 Å². The summed E-state index contributed by atoms with van der Waals surface area (Å²) >= 11 is 11.8. The third-order valence-corrected chi connectivity index (χ3v) is 5.65. The summed E-state index contributed by atoms with van der Waals surface area (Å²) < 4.78 is 26.9. The molecule has 0 saturated carbocycles. The van der Waals surface area contributed by atoms with Crippen molar-refractivity contribution in [3.8, 4) is 0 Å². The lowest BCUT2D eigenvalue weighted by Crippen LogP contribution is -2.34. The minimum Gasteiger partial charge on any atom is -0.387 e. The molecule has 0 amide bonds. The number of benzene rings is 2. The monoisotopic (exact) mass is 395 g/mol. The minimum absolute atomic E-state index is 0.287. The number of halogens is 4. The summed E-state index contributed by atoms with van der Waals surface area (Å²) in [5.74, 6) is -2.13. The number of nitrogens with zero attached hydrogens (tertiary/aromatic N) is 1. The van der Waals surface area contributed by atoms with E-state index in [0.717, 1.165) is 37.0 Å². The van der Waals surface area contributed by atoms with E-state index < -0.39 is 17.7 Å². The summed E-state index contributed by atoms with van der Waals surface area (Å²) in [6.07, 6.45) is 0.849. The zero-order valence-electron chi connectivity index (χ0n) is 13.9. The van der Waals surface area contributed by atoms with Crippen molar-refractivity contribution >= 4 is 28.8 Å². The van der Waals surface area contributed by atoms with Gasteiger partial charge in [0.15, 0.2) is 11.6 Å². The molecule has 26 heavy (non-hydrogen) atoms. The number of hydrogen-bond acceptors (Lipinski definition) is 2. The molecule has 1 atom stereocenters. The Labute approximate surface area is 160 Å². The molecular weight excluding hydrogens is 379 g/mol. The van der Waals surface area contributed by atoms with Gasteiger partial charge in [0.1, 0.15) is 0 Å². The van der Waals surface area contributed by atoms with Gasteiger partial charge in [0.2, 0.25) is 0 Å². The number of fused-ring (bicyclic) bond motifs is 2. The summed E-state index contributed by atoms with van der Waals surface area (Å²) in [7, 11) is 0.